The van der Waals surface area contributed by atoms with Crippen LogP contribution in [0.3, 0.4) is 0 Å². The van der Waals surface area contributed by atoms with Gasteiger partial charge in [0.05, 0.1) is 22.7 Å². The fraction of sp³-hybridized carbons (Fsp3) is 0. The summed E-state index contributed by atoms with van der Waals surface area (Å²) in [5.41, 5.74) is 11.6. The highest BCUT2D eigenvalue weighted by Crippen LogP contribution is 2.45. The van der Waals surface area contributed by atoms with Crippen LogP contribution >= 0.6 is 0 Å². The molecule has 3 heteroatoms. The average molecular weight is 674 g/mol. The molecule has 0 aliphatic heterocycles. The summed E-state index contributed by atoms with van der Waals surface area (Å²) in [5, 5.41) is 17.0. The Hall–Kier alpha value is -7.28. The van der Waals surface area contributed by atoms with E-state index in [1.165, 1.54) is 60.1 Å². The number of benzene rings is 9. The maximum atomic E-state index is 9.64. The molecule has 0 aliphatic carbocycles. The average Bonchev–Trinajstić information content (AvgIpc) is 3.62. The van der Waals surface area contributed by atoms with Gasteiger partial charge in [-0.1, -0.05) is 152 Å². The summed E-state index contributed by atoms with van der Waals surface area (Å²) in [5.74, 6) is 0.833. The summed E-state index contributed by atoms with van der Waals surface area (Å²) in [6.07, 6.45) is 0. The van der Waals surface area contributed by atoms with E-state index in [0.717, 1.165) is 33.7 Å². The summed E-state index contributed by atoms with van der Waals surface area (Å²) < 4.78 is 2.19. The Morgan fingerprint density at radius 3 is 1.70 bits per heavy atom. The van der Waals surface area contributed by atoms with Gasteiger partial charge in [0.1, 0.15) is 5.82 Å². The third kappa shape index (κ3) is 5.08. The zero-order valence-electron chi connectivity index (χ0n) is 28.7. The predicted octanol–water partition coefficient (Wildman–Crippen LogP) is 13.0. The number of fused-ring (bicyclic) bond motifs is 4. The van der Waals surface area contributed by atoms with Crippen LogP contribution < -0.4 is 0 Å². The second-order valence-electron chi connectivity index (χ2n) is 13.4. The van der Waals surface area contributed by atoms with Crippen molar-refractivity contribution in [3.8, 4) is 56.5 Å². The molecule has 0 atom stereocenters. The van der Waals surface area contributed by atoms with Crippen LogP contribution in [0.1, 0.15) is 5.56 Å². The zero-order chi connectivity index (χ0) is 35.3. The number of nitrogens with zero attached hydrogens (tertiary/aromatic N) is 3. The first-order valence-electron chi connectivity index (χ1n) is 17.9. The number of imidazole rings is 1. The van der Waals surface area contributed by atoms with Crippen LogP contribution in [0.2, 0.25) is 0 Å². The molecule has 0 aliphatic rings. The van der Waals surface area contributed by atoms with Gasteiger partial charge in [-0.25, -0.2) is 4.98 Å². The summed E-state index contributed by atoms with van der Waals surface area (Å²) >= 11 is 0. The van der Waals surface area contributed by atoms with Crippen molar-refractivity contribution in [1.82, 2.24) is 9.55 Å². The highest BCUT2D eigenvalue weighted by Gasteiger charge is 2.19. The lowest BCUT2D eigenvalue weighted by Gasteiger charge is -2.18. The van der Waals surface area contributed by atoms with Gasteiger partial charge < -0.3 is 0 Å². The Balaban J connectivity index is 1.16. The van der Waals surface area contributed by atoms with Gasteiger partial charge in [0, 0.05) is 11.3 Å². The molecule has 0 saturated carbocycles. The molecule has 0 saturated heterocycles. The van der Waals surface area contributed by atoms with Gasteiger partial charge in [0.2, 0.25) is 0 Å². The lowest BCUT2D eigenvalue weighted by atomic mass is 9.85. The number of hydrogen-bond donors (Lipinski definition) is 0. The Morgan fingerprint density at radius 2 is 1.00 bits per heavy atom. The van der Waals surface area contributed by atoms with Crippen molar-refractivity contribution in [2.75, 3.05) is 0 Å². The van der Waals surface area contributed by atoms with E-state index in [0.29, 0.717) is 5.56 Å². The van der Waals surface area contributed by atoms with E-state index in [4.69, 9.17) is 4.98 Å². The maximum absolute atomic E-state index is 9.64. The van der Waals surface area contributed by atoms with E-state index in [1.807, 2.05) is 36.4 Å². The number of rotatable bonds is 5. The molecule has 53 heavy (non-hydrogen) atoms. The van der Waals surface area contributed by atoms with E-state index >= 15 is 0 Å². The Kier molecular flexibility index (Phi) is 7.20. The highest BCUT2D eigenvalue weighted by atomic mass is 15.1. The van der Waals surface area contributed by atoms with Gasteiger partial charge in [0.15, 0.2) is 0 Å². The molecule has 1 heterocycles. The molecule has 0 fully saturated rings. The normalized spacial score (nSPS) is 11.4. The smallest absolute Gasteiger partial charge is 0.145 e. The highest BCUT2D eigenvalue weighted by molar-refractivity contribution is 6.21. The van der Waals surface area contributed by atoms with Crippen LogP contribution in [0.4, 0.5) is 0 Å². The molecule has 3 nitrogen and oxygen atoms in total. The molecule has 0 amide bonds. The fourth-order valence-corrected chi connectivity index (χ4v) is 8.04. The quantitative estimate of drug-likeness (QED) is 0.171. The van der Waals surface area contributed by atoms with Crippen molar-refractivity contribution < 1.29 is 0 Å². The van der Waals surface area contributed by atoms with Crippen LogP contribution in [0.5, 0.6) is 0 Å². The second-order valence-corrected chi connectivity index (χ2v) is 13.4. The minimum atomic E-state index is 0.594. The summed E-state index contributed by atoms with van der Waals surface area (Å²) in [4.78, 5) is 5.14. The molecule has 1 aromatic heterocycles. The molecule has 246 valence electrons. The number of nitriles is 1. The molecule has 10 aromatic rings. The molecular weight excluding hydrogens is 643 g/mol. The number of aromatic nitrogens is 2. The molecule has 0 unspecified atom stereocenters. The molecule has 0 N–H and O–H groups in total. The van der Waals surface area contributed by atoms with Crippen molar-refractivity contribution in [3.05, 3.63) is 194 Å². The number of para-hydroxylation sites is 1. The first-order valence-corrected chi connectivity index (χ1v) is 17.9. The maximum Gasteiger partial charge on any atom is 0.145 e. The van der Waals surface area contributed by atoms with Crippen molar-refractivity contribution in [2.45, 2.75) is 0 Å². The lowest BCUT2D eigenvalue weighted by molar-refractivity contribution is 1.10. The Morgan fingerprint density at radius 1 is 0.434 bits per heavy atom. The largest absolute Gasteiger partial charge is 0.292 e. The van der Waals surface area contributed by atoms with E-state index in [-0.39, 0.29) is 0 Å². The van der Waals surface area contributed by atoms with Gasteiger partial charge in [0.25, 0.3) is 0 Å². The molecule has 10 rings (SSSR count). The van der Waals surface area contributed by atoms with E-state index in [9.17, 15) is 5.26 Å². The van der Waals surface area contributed by atoms with Crippen molar-refractivity contribution in [3.63, 3.8) is 0 Å². The standard InChI is InChI=1S/C50H31N3/c51-32-33-24-29-47-46(30-33)52-50(53(47)39-16-2-1-3-17-39)38-15-10-14-37(31-38)49-44-21-8-6-19-42(44)48(43-20-7-9-22-45(43)49)36-27-25-35(26-28-36)41-23-11-13-34-12-4-5-18-40(34)41/h1-31H. The zero-order valence-corrected chi connectivity index (χ0v) is 28.7. The van der Waals surface area contributed by atoms with Gasteiger partial charge >= 0.3 is 0 Å². The van der Waals surface area contributed by atoms with Crippen LogP contribution in [0.25, 0.3) is 93.8 Å². The minimum Gasteiger partial charge on any atom is -0.292 e. The second kappa shape index (κ2) is 12.5. The predicted molar refractivity (Wildman–Crippen MR) is 220 cm³/mol. The van der Waals surface area contributed by atoms with E-state index in [1.54, 1.807) is 0 Å². The topological polar surface area (TPSA) is 41.6 Å². The molecule has 9 aromatic carbocycles. The van der Waals surface area contributed by atoms with Gasteiger partial charge in [-0.3, -0.25) is 4.57 Å². The first kappa shape index (κ1) is 30.5. The van der Waals surface area contributed by atoms with E-state index in [2.05, 4.69) is 162 Å². The molecule has 0 bridgehead atoms. The lowest BCUT2D eigenvalue weighted by Crippen LogP contribution is -1.97. The van der Waals surface area contributed by atoms with Gasteiger partial charge in [-0.2, -0.15) is 5.26 Å². The van der Waals surface area contributed by atoms with Crippen LogP contribution in [-0.2, 0) is 0 Å². The monoisotopic (exact) mass is 673 g/mol. The van der Waals surface area contributed by atoms with Crippen LogP contribution in [-0.4, -0.2) is 9.55 Å². The minimum absolute atomic E-state index is 0.594. The fourth-order valence-electron chi connectivity index (χ4n) is 8.04. The molecule has 0 radical (unpaired) electrons. The van der Waals surface area contributed by atoms with Gasteiger partial charge in [-0.05, 0) is 102 Å². The molecular formula is C50H31N3. The summed E-state index contributed by atoms with van der Waals surface area (Å²) in [7, 11) is 0. The van der Waals surface area contributed by atoms with Crippen molar-refractivity contribution in [2.24, 2.45) is 0 Å². The SMILES string of the molecule is N#Cc1ccc2c(c1)nc(-c1cccc(-c3c4ccccc4c(-c4ccc(-c5cccc6ccccc56)cc4)c4ccccc34)c1)n2-c1ccccc1. The summed E-state index contributed by atoms with van der Waals surface area (Å²) in [6.45, 7) is 0. The third-order valence-electron chi connectivity index (χ3n) is 10.4. The van der Waals surface area contributed by atoms with Crippen LogP contribution in [0.15, 0.2) is 188 Å². The van der Waals surface area contributed by atoms with Crippen molar-refractivity contribution in [1.29, 1.82) is 5.26 Å². The first-order chi connectivity index (χ1) is 26.2. The van der Waals surface area contributed by atoms with Crippen molar-refractivity contribution >= 4 is 43.4 Å². The van der Waals surface area contributed by atoms with Gasteiger partial charge in [-0.15, -0.1) is 0 Å². The summed E-state index contributed by atoms with van der Waals surface area (Å²) in [6, 6.07) is 68.8. The third-order valence-corrected chi connectivity index (χ3v) is 10.4. The molecule has 0 spiro atoms. The number of hydrogen-bond acceptors (Lipinski definition) is 2. The Labute approximate surface area is 307 Å². The Bertz CT molecular complexity index is 2990. The van der Waals surface area contributed by atoms with Crippen LogP contribution in [0, 0.1) is 11.3 Å². The van der Waals surface area contributed by atoms with E-state index < -0.39 is 0 Å².